The SMILES string of the molecule is CC(C)C(CNC(=O)CSc1ccccc1Cl)N1CCOCC1. The van der Waals surface area contributed by atoms with E-state index in [9.17, 15) is 4.79 Å². The molecule has 0 aromatic heterocycles. The predicted molar refractivity (Wildman–Crippen MR) is 96.2 cm³/mol. The molecule has 1 aliphatic heterocycles. The van der Waals surface area contributed by atoms with Crippen LogP contribution in [0.1, 0.15) is 13.8 Å². The zero-order chi connectivity index (χ0) is 16.7. The van der Waals surface area contributed by atoms with Crippen molar-refractivity contribution in [1.82, 2.24) is 10.2 Å². The van der Waals surface area contributed by atoms with Crippen molar-refractivity contribution >= 4 is 29.3 Å². The molecule has 1 unspecified atom stereocenters. The Bertz CT molecular complexity index is 507. The zero-order valence-electron chi connectivity index (χ0n) is 13.8. The summed E-state index contributed by atoms with van der Waals surface area (Å²) in [6.07, 6.45) is 0. The van der Waals surface area contributed by atoms with Crippen molar-refractivity contribution in [2.45, 2.75) is 24.8 Å². The fraction of sp³-hybridized carbons (Fsp3) is 0.588. The minimum atomic E-state index is 0.0498. The van der Waals surface area contributed by atoms with E-state index in [1.165, 1.54) is 11.8 Å². The number of benzene rings is 1. The van der Waals surface area contributed by atoms with Gasteiger partial charge in [0.1, 0.15) is 0 Å². The summed E-state index contributed by atoms with van der Waals surface area (Å²) < 4.78 is 5.41. The van der Waals surface area contributed by atoms with Crippen LogP contribution in [-0.2, 0) is 9.53 Å². The monoisotopic (exact) mass is 356 g/mol. The fourth-order valence-electron chi connectivity index (χ4n) is 2.67. The van der Waals surface area contributed by atoms with Gasteiger partial charge in [0.2, 0.25) is 5.91 Å². The van der Waals surface area contributed by atoms with Gasteiger partial charge in [-0.3, -0.25) is 9.69 Å². The Morgan fingerprint density at radius 1 is 1.35 bits per heavy atom. The van der Waals surface area contributed by atoms with E-state index in [1.54, 1.807) is 0 Å². The minimum Gasteiger partial charge on any atom is -0.379 e. The molecule has 1 aromatic rings. The Labute approximate surface area is 147 Å². The highest BCUT2D eigenvalue weighted by Gasteiger charge is 2.24. The first-order valence-corrected chi connectivity index (χ1v) is 9.40. The summed E-state index contributed by atoms with van der Waals surface area (Å²) >= 11 is 7.58. The largest absolute Gasteiger partial charge is 0.379 e. The predicted octanol–water partition coefficient (Wildman–Crippen LogP) is 2.91. The lowest BCUT2D eigenvalue weighted by Gasteiger charge is -2.36. The van der Waals surface area contributed by atoms with Crippen LogP contribution in [0.25, 0.3) is 0 Å². The molecule has 6 heteroatoms. The molecule has 1 aromatic carbocycles. The Balaban J connectivity index is 1.78. The summed E-state index contributed by atoms with van der Waals surface area (Å²) in [4.78, 5) is 15.5. The van der Waals surface area contributed by atoms with Crippen LogP contribution < -0.4 is 5.32 Å². The first kappa shape index (κ1) is 18.6. The third-order valence-corrected chi connectivity index (χ3v) is 5.50. The number of hydrogen-bond donors (Lipinski definition) is 1. The van der Waals surface area contributed by atoms with E-state index in [1.807, 2.05) is 24.3 Å². The number of amides is 1. The molecule has 128 valence electrons. The Hall–Kier alpha value is -0.750. The summed E-state index contributed by atoms with van der Waals surface area (Å²) in [6, 6.07) is 7.95. The van der Waals surface area contributed by atoms with Crippen LogP contribution in [0.15, 0.2) is 29.2 Å². The van der Waals surface area contributed by atoms with E-state index in [0.29, 0.717) is 29.3 Å². The average molecular weight is 357 g/mol. The molecule has 0 spiro atoms. The number of hydrogen-bond acceptors (Lipinski definition) is 4. The molecular formula is C17H25ClN2O2S. The van der Waals surface area contributed by atoms with E-state index in [0.717, 1.165) is 31.2 Å². The molecule has 1 saturated heterocycles. The third-order valence-electron chi connectivity index (χ3n) is 3.99. The number of ether oxygens (including phenoxy) is 1. The van der Waals surface area contributed by atoms with Gasteiger partial charge in [-0.2, -0.15) is 0 Å². The molecule has 2 rings (SSSR count). The molecule has 1 amide bonds. The van der Waals surface area contributed by atoms with Crippen molar-refractivity contribution in [2.24, 2.45) is 5.92 Å². The minimum absolute atomic E-state index is 0.0498. The molecule has 0 bridgehead atoms. The number of carbonyl (C=O) groups excluding carboxylic acids is 1. The molecule has 1 fully saturated rings. The van der Waals surface area contributed by atoms with E-state index in [-0.39, 0.29) is 5.91 Å². The van der Waals surface area contributed by atoms with Crippen LogP contribution in [0.4, 0.5) is 0 Å². The van der Waals surface area contributed by atoms with Crippen molar-refractivity contribution in [3.63, 3.8) is 0 Å². The highest BCUT2D eigenvalue weighted by atomic mass is 35.5. The number of nitrogens with one attached hydrogen (secondary N) is 1. The lowest BCUT2D eigenvalue weighted by molar-refractivity contribution is -0.119. The summed E-state index contributed by atoms with van der Waals surface area (Å²) in [5.74, 6) is 0.927. The van der Waals surface area contributed by atoms with Crippen LogP contribution in [0.2, 0.25) is 5.02 Å². The normalized spacial score (nSPS) is 17.2. The maximum atomic E-state index is 12.1. The van der Waals surface area contributed by atoms with E-state index >= 15 is 0 Å². The van der Waals surface area contributed by atoms with Crippen molar-refractivity contribution in [2.75, 3.05) is 38.6 Å². The second-order valence-corrected chi connectivity index (χ2v) is 7.41. The van der Waals surface area contributed by atoms with Gasteiger partial charge in [-0.25, -0.2) is 0 Å². The van der Waals surface area contributed by atoms with Crippen LogP contribution >= 0.6 is 23.4 Å². The molecule has 1 aliphatic rings. The Morgan fingerprint density at radius 2 is 2.04 bits per heavy atom. The molecule has 0 radical (unpaired) electrons. The van der Waals surface area contributed by atoms with Gasteiger partial charge in [0.05, 0.1) is 24.0 Å². The summed E-state index contributed by atoms with van der Waals surface area (Å²) in [6.45, 7) is 8.51. The summed E-state index contributed by atoms with van der Waals surface area (Å²) in [7, 11) is 0. The van der Waals surface area contributed by atoms with Gasteiger partial charge in [-0.05, 0) is 18.1 Å². The molecule has 0 saturated carbocycles. The number of carbonyl (C=O) groups is 1. The number of thioether (sulfide) groups is 1. The van der Waals surface area contributed by atoms with Crippen LogP contribution in [-0.4, -0.2) is 55.4 Å². The first-order chi connectivity index (χ1) is 11.1. The number of nitrogens with zero attached hydrogens (tertiary/aromatic N) is 1. The zero-order valence-corrected chi connectivity index (χ0v) is 15.3. The maximum Gasteiger partial charge on any atom is 0.230 e. The number of morpholine rings is 1. The van der Waals surface area contributed by atoms with Gasteiger partial charge >= 0.3 is 0 Å². The van der Waals surface area contributed by atoms with E-state index in [2.05, 4.69) is 24.1 Å². The molecule has 1 atom stereocenters. The maximum absolute atomic E-state index is 12.1. The van der Waals surface area contributed by atoms with Crippen LogP contribution in [0.3, 0.4) is 0 Å². The number of rotatable bonds is 7. The molecule has 1 heterocycles. The highest BCUT2D eigenvalue weighted by molar-refractivity contribution is 8.00. The second-order valence-electron chi connectivity index (χ2n) is 5.98. The van der Waals surface area contributed by atoms with Gasteiger partial charge < -0.3 is 10.1 Å². The third kappa shape index (κ3) is 5.99. The lowest BCUT2D eigenvalue weighted by atomic mass is 10.0. The van der Waals surface area contributed by atoms with Gasteiger partial charge in [0, 0.05) is 30.6 Å². The lowest BCUT2D eigenvalue weighted by Crippen LogP contribution is -2.51. The van der Waals surface area contributed by atoms with Crippen LogP contribution in [0.5, 0.6) is 0 Å². The molecule has 1 N–H and O–H groups in total. The highest BCUT2D eigenvalue weighted by Crippen LogP contribution is 2.26. The van der Waals surface area contributed by atoms with Crippen molar-refractivity contribution < 1.29 is 9.53 Å². The van der Waals surface area contributed by atoms with E-state index < -0.39 is 0 Å². The second kappa shape index (κ2) is 9.52. The fourth-order valence-corrected chi connectivity index (χ4v) is 3.74. The van der Waals surface area contributed by atoms with Crippen molar-refractivity contribution in [3.8, 4) is 0 Å². The average Bonchev–Trinajstić information content (AvgIpc) is 2.55. The van der Waals surface area contributed by atoms with Crippen molar-refractivity contribution in [3.05, 3.63) is 29.3 Å². The van der Waals surface area contributed by atoms with E-state index in [4.69, 9.17) is 16.3 Å². The summed E-state index contributed by atoms with van der Waals surface area (Å²) in [5.41, 5.74) is 0. The van der Waals surface area contributed by atoms with Gasteiger partial charge in [-0.15, -0.1) is 11.8 Å². The smallest absolute Gasteiger partial charge is 0.230 e. The first-order valence-electron chi connectivity index (χ1n) is 8.03. The topological polar surface area (TPSA) is 41.6 Å². The van der Waals surface area contributed by atoms with Gasteiger partial charge in [-0.1, -0.05) is 37.6 Å². The number of halogens is 1. The molecule has 0 aliphatic carbocycles. The Morgan fingerprint density at radius 3 is 2.70 bits per heavy atom. The standard InChI is InChI=1S/C17H25ClN2O2S/c1-13(2)15(20-7-9-22-10-8-20)11-19-17(21)12-23-16-6-4-3-5-14(16)18/h3-6,13,15H,7-12H2,1-2H3,(H,19,21). The quantitative estimate of drug-likeness (QED) is 0.763. The molecule has 23 heavy (non-hydrogen) atoms. The van der Waals surface area contributed by atoms with Crippen LogP contribution in [0, 0.1) is 5.92 Å². The molecular weight excluding hydrogens is 332 g/mol. The summed E-state index contributed by atoms with van der Waals surface area (Å²) in [5, 5.41) is 3.76. The van der Waals surface area contributed by atoms with Gasteiger partial charge in [0.25, 0.3) is 0 Å². The Kier molecular flexibility index (Phi) is 7.70. The van der Waals surface area contributed by atoms with Crippen molar-refractivity contribution in [1.29, 1.82) is 0 Å². The molecule has 4 nitrogen and oxygen atoms in total. The van der Waals surface area contributed by atoms with Gasteiger partial charge in [0.15, 0.2) is 0 Å².